The Labute approximate surface area is 185 Å². The first-order chi connectivity index (χ1) is 15.0. The third-order valence-corrected chi connectivity index (χ3v) is 6.00. The van der Waals surface area contributed by atoms with Gasteiger partial charge in [0.25, 0.3) is 0 Å². The van der Waals surface area contributed by atoms with E-state index in [1.165, 1.54) is 0 Å². The number of carbonyl (C=O) groups excluding carboxylic acids is 2. The van der Waals surface area contributed by atoms with Crippen LogP contribution in [0.1, 0.15) is 25.0 Å². The lowest BCUT2D eigenvalue weighted by atomic mass is 10.1. The van der Waals surface area contributed by atoms with E-state index in [1.807, 2.05) is 54.6 Å². The summed E-state index contributed by atoms with van der Waals surface area (Å²) in [5.41, 5.74) is 2.75. The third kappa shape index (κ3) is 5.38. The van der Waals surface area contributed by atoms with Crippen molar-refractivity contribution in [1.29, 1.82) is 0 Å². The first kappa shape index (κ1) is 21.2. The predicted octanol–water partition coefficient (Wildman–Crippen LogP) is 4.53. The number of carbonyl (C=O) groups is 2. The van der Waals surface area contributed by atoms with Gasteiger partial charge in [-0.2, -0.15) is 0 Å². The first-order valence-electron chi connectivity index (χ1n) is 10.3. The van der Waals surface area contributed by atoms with Crippen LogP contribution in [0.25, 0.3) is 0 Å². The van der Waals surface area contributed by atoms with Gasteiger partial charge in [-0.3, -0.25) is 15.2 Å². The summed E-state index contributed by atoms with van der Waals surface area (Å²) in [6.07, 6.45) is -0.646. The highest BCUT2D eigenvalue weighted by molar-refractivity contribution is 8.14. The van der Waals surface area contributed by atoms with Crippen molar-refractivity contribution in [2.24, 2.45) is 4.99 Å². The monoisotopic (exact) mass is 439 g/mol. The fourth-order valence-electron chi connectivity index (χ4n) is 3.51. The zero-order valence-corrected chi connectivity index (χ0v) is 18.3. The molecule has 0 bridgehead atoms. The second kappa shape index (κ2) is 9.43. The lowest BCUT2D eigenvalue weighted by molar-refractivity contribution is 0.128. The molecule has 2 amide bonds. The molecule has 2 heterocycles. The topological polar surface area (TPSA) is 80.2 Å². The number of cyclic esters (lactones) is 1. The highest BCUT2D eigenvalue weighted by Crippen LogP contribution is 2.29. The molecule has 1 fully saturated rings. The van der Waals surface area contributed by atoms with Gasteiger partial charge in [0.05, 0.1) is 12.6 Å². The van der Waals surface area contributed by atoms with Crippen LogP contribution in [0.3, 0.4) is 0 Å². The zero-order valence-electron chi connectivity index (χ0n) is 17.5. The number of amides is 2. The number of ether oxygens (including phenoxy) is 2. The van der Waals surface area contributed by atoms with E-state index < -0.39 is 6.09 Å². The van der Waals surface area contributed by atoms with Crippen molar-refractivity contribution >= 4 is 34.7 Å². The van der Waals surface area contributed by atoms with Gasteiger partial charge in [-0.15, -0.1) is 11.8 Å². The minimum Gasteiger partial charge on any atom is -0.447 e. The molecule has 8 heteroatoms. The van der Waals surface area contributed by atoms with Crippen LogP contribution < -0.4 is 5.32 Å². The minimum absolute atomic E-state index is 0.157. The smallest absolute Gasteiger partial charge is 0.411 e. The minimum atomic E-state index is -0.479. The quantitative estimate of drug-likeness (QED) is 0.715. The van der Waals surface area contributed by atoms with Gasteiger partial charge in [-0.1, -0.05) is 42.5 Å². The second-order valence-electron chi connectivity index (χ2n) is 7.73. The molecule has 4 rings (SSSR count). The van der Waals surface area contributed by atoms with E-state index in [0.717, 1.165) is 16.2 Å². The number of benzene rings is 2. The lowest BCUT2D eigenvalue weighted by Gasteiger charge is -2.17. The molecule has 7 nitrogen and oxygen atoms in total. The summed E-state index contributed by atoms with van der Waals surface area (Å²) < 4.78 is 10.7. The Morgan fingerprint density at radius 1 is 1.23 bits per heavy atom. The Morgan fingerprint density at radius 3 is 2.68 bits per heavy atom. The average Bonchev–Trinajstić information content (AvgIpc) is 3.35. The van der Waals surface area contributed by atoms with E-state index in [0.29, 0.717) is 24.4 Å². The maximum Gasteiger partial charge on any atom is 0.411 e. The molecule has 0 spiro atoms. The standard InChI is InChI=1S/C23H25N3O4S/c1-15(2)29-22(27)24-18-10-8-17(9-11-18)21-25-20(14-31-21)26-13-19(30-23(26)28)12-16-6-4-3-5-7-16/h3-11,15,19-20H,12-14H2,1-2H3,(H,24,27). The molecule has 0 aromatic heterocycles. The summed E-state index contributed by atoms with van der Waals surface area (Å²) in [6, 6.07) is 17.5. The molecule has 2 aromatic rings. The Balaban J connectivity index is 1.36. The number of hydrogen-bond acceptors (Lipinski definition) is 6. The number of nitrogens with zero attached hydrogens (tertiary/aromatic N) is 2. The summed E-state index contributed by atoms with van der Waals surface area (Å²) in [4.78, 5) is 30.6. The normalized spacial score (nSPS) is 20.5. The summed E-state index contributed by atoms with van der Waals surface area (Å²) in [5, 5.41) is 3.57. The molecule has 162 valence electrons. The van der Waals surface area contributed by atoms with Crippen LogP contribution in [-0.2, 0) is 15.9 Å². The van der Waals surface area contributed by atoms with Gasteiger partial charge in [-0.25, -0.2) is 9.59 Å². The maximum atomic E-state index is 12.4. The molecule has 31 heavy (non-hydrogen) atoms. The van der Waals surface area contributed by atoms with Crippen molar-refractivity contribution in [3.05, 3.63) is 65.7 Å². The fraction of sp³-hybridized carbons (Fsp3) is 0.348. The van der Waals surface area contributed by atoms with Crippen LogP contribution in [0.4, 0.5) is 15.3 Å². The van der Waals surface area contributed by atoms with E-state index in [4.69, 9.17) is 14.5 Å². The van der Waals surface area contributed by atoms with Gasteiger partial charge < -0.3 is 9.47 Å². The molecule has 0 radical (unpaired) electrons. The molecular weight excluding hydrogens is 414 g/mol. The first-order valence-corrected chi connectivity index (χ1v) is 11.3. The van der Waals surface area contributed by atoms with Gasteiger partial charge in [0.15, 0.2) is 0 Å². The van der Waals surface area contributed by atoms with Crippen LogP contribution in [0.5, 0.6) is 0 Å². The summed E-state index contributed by atoms with van der Waals surface area (Å²) in [5.74, 6) is 0.698. The Kier molecular flexibility index (Phi) is 6.46. The van der Waals surface area contributed by atoms with E-state index in [1.54, 1.807) is 30.5 Å². The van der Waals surface area contributed by atoms with Crippen LogP contribution in [-0.4, -0.2) is 52.8 Å². The number of nitrogens with one attached hydrogen (secondary N) is 1. The summed E-state index contributed by atoms with van der Waals surface area (Å²) >= 11 is 1.61. The Hall–Kier alpha value is -3.00. The van der Waals surface area contributed by atoms with Crippen LogP contribution in [0.2, 0.25) is 0 Å². The molecule has 2 unspecified atom stereocenters. The second-order valence-corrected chi connectivity index (χ2v) is 8.74. The van der Waals surface area contributed by atoms with E-state index >= 15 is 0 Å². The van der Waals surface area contributed by atoms with Gasteiger partial charge in [0.2, 0.25) is 0 Å². The summed E-state index contributed by atoms with van der Waals surface area (Å²) in [6.45, 7) is 4.14. The SMILES string of the molecule is CC(C)OC(=O)Nc1ccc(C2=NC(N3CC(Cc4ccccc4)OC3=O)CS2)cc1. The average molecular weight is 440 g/mol. The molecular formula is C23H25N3O4S. The van der Waals surface area contributed by atoms with Crippen molar-refractivity contribution in [1.82, 2.24) is 4.90 Å². The molecule has 1 N–H and O–H groups in total. The van der Waals surface area contributed by atoms with E-state index in [2.05, 4.69) is 5.32 Å². The molecule has 0 saturated carbocycles. The summed E-state index contributed by atoms with van der Waals surface area (Å²) in [7, 11) is 0. The van der Waals surface area contributed by atoms with Crippen molar-refractivity contribution in [2.75, 3.05) is 17.6 Å². The fourth-order valence-corrected chi connectivity index (χ4v) is 4.57. The molecule has 2 atom stereocenters. The van der Waals surface area contributed by atoms with Gasteiger partial charge in [0, 0.05) is 23.4 Å². The Bertz CT molecular complexity index is 963. The maximum absolute atomic E-state index is 12.4. The van der Waals surface area contributed by atoms with Crippen LogP contribution >= 0.6 is 11.8 Å². The molecule has 2 aliphatic heterocycles. The van der Waals surface area contributed by atoms with Gasteiger partial charge in [-0.05, 0) is 31.5 Å². The predicted molar refractivity (Wildman–Crippen MR) is 122 cm³/mol. The van der Waals surface area contributed by atoms with Crippen molar-refractivity contribution < 1.29 is 19.1 Å². The molecule has 2 aliphatic rings. The van der Waals surface area contributed by atoms with E-state index in [-0.39, 0.29) is 24.5 Å². The van der Waals surface area contributed by atoms with Crippen LogP contribution in [0, 0.1) is 0 Å². The number of rotatable bonds is 6. The van der Waals surface area contributed by atoms with Crippen molar-refractivity contribution in [3.63, 3.8) is 0 Å². The molecule has 1 saturated heterocycles. The van der Waals surface area contributed by atoms with Crippen molar-refractivity contribution in [3.8, 4) is 0 Å². The van der Waals surface area contributed by atoms with Gasteiger partial charge in [0.1, 0.15) is 17.3 Å². The largest absolute Gasteiger partial charge is 0.447 e. The van der Waals surface area contributed by atoms with Gasteiger partial charge >= 0.3 is 12.2 Å². The number of aliphatic imine (C=N–C) groups is 1. The van der Waals surface area contributed by atoms with E-state index in [9.17, 15) is 9.59 Å². The number of thioether (sulfide) groups is 1. The lowest BCUT2D eigenvalue weighted by Crippen LogP contribution is -2.35. The zero-order chi connectivity index (χ0) is 21.8. The molecule has 2 aromatic carbocycles. The Morgan fingerprint density at radius 2 is 1.97 bits per heavy atom. The number of anilines is 1. The van der Waals surface area contributed by atoms with Crippen LogP contribution in [0.15, 0.2) is 59.6 Å². The van der Waals surface area contributed by atoms with Crippen molar-refractivity contribution in [2.45, 2.75) is 38.6 Å². The molecule has 0 aliphatic carbocycles. The highest BCUT2D eigenvalue weighted by atomic mass is 32.2. The third-order valence-electron chi connectivity index (χ3n) is 4.92. The highest BCUT2D eigenvalue weighted by Gasteiger charge is 2.38. The number of hydrogen-bond donors (Lipinski definition) is 1.